The van der Waals surface area contributed by atoms with E-state index < -0.39 is 6.29 Å². The molecule has 5 rings (SSSR count). The van der Waals surface area contributed by atoms with Gasteiger partial charge in [0.25, 0.3) is 0 Å². The summed E-state index contributed by atoms with van der Waals surface area (Å²) in [4.78, 5) is 14.5. The molecule has 0 spiro atoms. The van der Waals surface area contributed by atoms with Crippen molar-refractivity contribution in [3.05, 3.63) is 65.7 Å². The minimum atomic E-state index is -3.62. The molecule has 0 aromatic heterocycles. The number of carbonyl (C=O) groups excluding carboxylic acids is 1. The topological polar surface area (TPSA) is 48.0 Å². The van der Waals surface area contributed by atoms with E-state index in [1.165, 1.54) is 6.07 Å². The molecule has 3 aliphatic rings. The Kier molecular flexibility index (Phi) is 4.19. The second-order valence-electron chi connectivity index (χ2n) is 7.47. The van der Waals surface area contributed by atoms with E-state index in [1.54, 1.807) is 17.0 Å². The lowest BCUT2D eigenvalue weighted by molar-refractivity contribution is -0.286. The van der Waals surface area contributed by atoms with E-state index in [0.29, 0.717) is 6.42 Å². The number of hydrogen-bond donors (Lipinski definition) is 0. The van der Waals surface area contributed by atoms with Gasteiger partial charge in [0.15, 0.2) is 11.5 Å². The number of nitrogens with zero attached hydrogens (tertiary/aromatic N) is 1. The van der Waals surface area contributed by atoms with Crippen molar-refractivity contribution in [1.29, 1.82) is 0 Å². The van der Waals surface area contributed by atoms with E-state index in [4.69, 9.17) is 4.74 Å². The molecule has 2 bridgehead atoms. The number of rotatable bonds is 3. The average Bonchev–Trinajstić information content (AvgIpc) is 3.16. The molecule has 0 aliphatic carbocycles. The van der Waals surface area contributed by atoms with Crippen molar-refractivity contribution in [3.8, 4) is 11.5 Å². The van der Waals surface area contributed by atoms with Crippen LogP contribution in [0.25, 0.3) is 5.57 Å². The first-order chi connectivity index (χ1) is 14.0. The lowest BCUT2D eigenvalue weighted by atomic mass is 9.95. The van der Waals surface area contributed by atoms with Crippen molar-refractivity contribution in [2.45, 2.75) is 44.2 Å². The molecule has 1 saturated heterocycles. The molecule has 3 aliphatic heterocycles. The highest BCUT2D eigenvalue weighted by Crippen LogP contribution is 2.44. The van der Waals surface area contributed by atoms with Crippen LogP contribution in [0.4, 0.5) is 13.6 Å². The number of benzene rings is 2. The molecule has 2 aromatic rings. The van der Waals surface area contributed by atoms with Crippen LogP contribution in [-0.4, -0.2) is 29.4 Å². The van der Waals surface area contributed by atoms with Gasteiger partial charge in [-0.05, 0) is 48.1 Å². The molecule has 0 N–H and O–H groups in total. The summed E-state index contributed by atoms with van der Waals surface area (Å²) in [5.74, 6) is 0.0645. The van der Waals surface area contributed by atoms with Gasteiger partial charge in [0, 0.05) is 6.04 Å². The SMILES string of the molecule is O=C(OCc1ccccc1)N1C2C=C(c3ccc4c(c3)OC(F)(F)O4)CC1CC2. The smallest absolute Gasteiger partial charge is 0.445 e. The van der Waals surface area contributed by atoms with E-state index >= 15 is 0 Å². The second-order valence-corrected chi connectivity index (χ2v) is 7.47. The highest BCUT2D eigenvalue weighted by molar-refractivity contribution is 5.75. The highest BCUT2D eigenvalue weighted by Gasteiger charge is 2.44. The Morgan fingerprint density at radius 2 is 1.90 bits per heavy atom. The Morgan fingerprint density at radius 1 is 1.10 bits per heavy atom. The molecule has 5 nitrogen and oxygen atoms in total. The molecule has 0 saturated carbocycles. The monoisotopic (exact) mass is 399 g/mol. The van der Waals surface area contributed by atoms with Gasteiger partial charge in [0.05, 0.1) is 6.04 Å². The largest absolute Gasteiger partial charge is 0.586 e. The van der Waals surface area contributed by atoms with E-state index in [2.05, 4.69) is 9.47 Å². The predicted molar refractivity (Wildman–Crippen MR) is 101 cm³/mol. The molecule has 1 fully saturated rings. The number of ether oxygens (including phenoxy) is 3. The summed E-state index contributed by atoms with van der Waals surface area (Å²) in [5.41, 5.74) is 2.77. The fourth-order valence-electron chi connectivity index (χ4n) is 4.27. The highest BCUT2D eigenvalue weighted by atomic mass is 19.3. The Bertz CT molecular complexity index is 976. The number of fused-ring (bicyclic) bond motifs is 3. The standard InChI is InChI=1S/C22H19F2NO4/c23-22(24)28-19-9-6-15(12-20(19)29-22)16-10-17-7-8-18(11-16)25(17)21(26)27-13-14-4-2-1-3-5-14/h1-6,9-10,12,17-18H,7-8,11,13H2. The summed E-state index contributed by atoms with van der Waals surface area (Å²) in [5, 5.41) is 0. The van der Waals surface area contributed by atoms with Crippen LogP contribution in [0.1, 0.15) is 30.4 Å². The summed E-state index contributed by atoms with van der Waals surface area (Å²) in [6, 6.07) is 14.4. The summed E-state index contributed by atoms with van der Waals surface area (Å²) in [6.45, 7) is 0.239. The van der Waals surface area contributed by atoms with Crippen molar-refractivity contribution < 1.29 is 27.8 Å². The number of alkyl halides is 2. The van der Waals surface area contributed by atoms with Gasteiger partial charge in [-0.15, -0.1) is 8.78 Å². The number of carbonyl (C=O) groups is 1. The van der Waals surface area contributed by atoms with E-state index in [1.807, 2.05) is 36.4 Å². The lowest BCUT2D eigenvalue weighted by Gasteiger charge is -2.33. The minimum absolute atomic E-state index is 0.0317. The van der Waals surface area contributed by atoms with Crippen LogP contribution < -0.4 is 9.47 Å². The van der Waals surface area contributed by atoms with Crippen LogP contribution in [0.2, 0.25) is 0 Å². The normalized spacial score (nSPS) is 23.7. The molecule has 3 heterocycles. The molecule has 1 amide bonds. The zero-order valence-electron chi connectivity index (χ0n) is 15.5. The molecule has 2 atom stereocenters. The van der Waals surface area contributed by atoms with Crippen LogP contribution in [0.5, 0.6) is 11.5 Å². The van der Waals surface area contributed by atoms with E-state index in [9.17, 15) is 13.6 Å². The second kappa shape index (κ2) is 6.76. The molecular formula is C22H19F2NO4. The van der Waals surface area contributed by atoms with Gasteiger partial charge in [0.2, 0.25) is 0 Å². The predicted octanol–water partition coefficient (Wildman–Crippen LogP) is 4.97. The maximum Gasteiger partial charge on any atom is 0.586 e. The molecule has 2 unspecified atom stereocenters. The maximum absolute atomic E-state index is 13.3. The zero-order chi connectivity index (χ0) is 20.0. The van der Waals surface area contributed by atoms with E-state index in [0.717, 1.165) is 29.5 Å². The Balaban J connectivity index is 1.31. The summed E-state index contributed by atoms with van der Waals surface area (Å²) in [7, 11) is 0. The lowest BCUT2D eigenvalue weighted by Crippen LogP contribution is -2.43. The quantitative estimate of drug-likeness (QED) is 0.732. The molecular weight excluding hydrogens is 380 g/mol. The van der Waals surface area contributed by atoms with Crippen LogP contribution >= 0.6 is 0 Å². The Hall–Kier alpha value is -3.09. The molecule has 150 valence electrons. The third-order valence-electron chi connectivity index (χ3n) is 5.58. The third-order valence-corrected chi connectivity index (χ3v) is 5.58. The van der Waals surface area contributed by atoms with Gasteiger partial charge in [-0.1, -0.05) is 42.5 Å². The van der Waals surface area contributed by atoms with Gasteiger partial charge >= 0.3 is 12.4 Å². The first-order valence-corrected chi connectivity index (χ1v) is 9.58. The van der Waals surface area contributed by atoms with Gasteiger partial charge in [0.1, 0.15) is 6.61 Å². The first-order valence-electron chi connectivity index (χ1n) is 9.58. The van der Waals surface area contributed by atoms with Crippen LogP contribution in [0.3, 0.4) is 0 Å². The van der Waals surface area contributed by atoms with Crippen LogP contribution in [-0.2, 0) is 11.3 Å². The van der Waals surface area contributed by atoms with Crippen molar-refractivity contribution >= 4 is 11.7 Å². The van der Waals surface area contributed by atoms with Crippen molar-refractivity contribution in [2.24, 2.45) is 0 Å². The third kappa shape index (κ3) is 3.41. The van der Waals surface area contributed by atoms with Crippen LogP contribution in [0.15, 0.2) is 54.6 Å². The molecule has 0 radical (unpaired) electrons. The van der Waals surface area contributed by atoms with Gasteiger partial charge < -0.3 is 14.2 Å². The zero-order valence-corrected chi connectivity index (χ0v) is 15.5. The maximum atomic E-state index is 13.3. The van der Waals surface area contributed by atoms with Gasteiger partial charge in [-0.2, -0.15) is 0 Å². The van der Waals surface area contributed by atoms with Gasteiger partial charge in [-0.25, -0.2) is 4.79 Å². The Morgan fingerprint density at radius 3 is 2.69 bits per heavy atom. The molecule has 29 heavy (non-hydrogen) atoms. The average molecular weight is 399 g/mol. The number of hydrogen-bond acceptors (Lipinski definition) is 4. The fraction of sp³-hybridized carbons (Fsp3) is 0.318. The van der Waals surface area contributed by atoms with Crippen molar-refractivity contribution in [3.63, 3.8) is 0 Å². The number of halogens is 2. The first kappa shape index (κ1) is 18.0. The molecule has 2 aromatic carbocycles. The van der Waals surface area contributed by atoms with Crippen molar-refractivity contribution in [1.82, 2.24) is 4.90 Å². The van der Waals surface area contributed by atoms with E-state index in [-0.39, 0.29) is 36.3 Å². The minimum Gasteiger partial charge on any atom is -0.445 e. The van der Waals surface area contributed by atoms with Crippen LogP contribution in [0, 0.1) is 0 Å². The van der Waals surface area contributed by atoms with Gasteiger partial charge in [-0.3, -0.25) is 4.90 Å². The van der Waals surface area contributed by atoms with Crippen molar-refractivity contribution in [2.75, 3.05) is 0 Å². The summed E-state index contributed by atoms with van der Waals surface area (Å²) < 4.78 is 41.1. The Labute approximate surface area is 166 Å². The summed E-state index contributed by atoms with van der Waals surface area (Å²) in [6.07, 6.45) is 0.475. The summed E-state index contributed by atoms with van der Waals surface area (Å²) >= 11 is 0. The molecule has 7 heteroatoms. The fourth-order valence-corrected chi connectivity index (χ4v) is 4.27. The number of amides is 1.